The lowest BCUT2D eigenvalue weighted by Gasteiger charge is -2.51. The summed E-state index contributed by atoms with van der Waals surface area (Å²) in [5, 5.41) is 12.7. The van der Waals surface area contributed by atoms with Crippen LogP contribution in [0.25, 0.3) is 10.9 Å². The molecule has 1 aromatic heterocycles. The normalized spacial score (nSPS) is 25.8. The number of benzene rings is 2. The fourth-order valence-corrected chi connectivity index (χ4v) is 5.11. The number of hydrogen-bond donors (Lipinski definition) is 1. The van der Waals surface area contributed by atoms with E-state index in [0.29, 0.717) is 12.8 Å². The van der Waals surface area contributed by atoms with E-state index < -0.39 is 5.60 Å². The molecule has 2 aliphatic heterocycles. The number of piperidine rings is 2. The third-order valence-electron chi connectivity index (χ3n) is 6.57. The molecule has 3 aromatic rings. The first kappa shape index (κ1) is 19.1. The summed E-state index contributed by atoms with van der Waals surface area (Å²) in [5.74, 6) is 0. The molecule has 5 heteroatoms. The van der Waals surface area contributed by atoms with E-state index in [2.05, 4.69) is 4.98 Å². The Balaban J connectivity index is 1.35. The highest BCUT2D eigenvalue weighted by Crippen LogP contribution is 2.45. The van der Waals surface area contributed by atoms with Crippen LogP contribution in [0, 0.1) is 0 Å². The van der Waals surface area contributed by atoms with Crippen LogP contribution in [0.15, 0.2) is 66.9 Å². The van der Waals surface area contributed by atoms with Gasteiger partial charge in [-0.15, -0.1) is 0 Å². The summed E-state index contributed by atoms with van der Waals surface area (Å²) in [4.78, 5) is 19.2. The van der Waals surface area contributed by atoms with E-state index in [1.165, 1.54) is 0 Å². The average molecular weight is 402 g/mol. The zero-order valence-electron chi connectivity index (χ0n) is 16.9. The minimum absolute atomic E-state index is 0.00907. The predicted molar refractivity (Wildman–Crippen MR) is 115 cm³/mol. The number of carbonyl (C=O) groups is 1. The second-order valence-electron chi connectivity index (χ2n) is 8.54. The summed E-state index contributed by atoms with van der Waals surface area (Å²) in [7, 11) is 0. The maximum absolute atomic E-state index is 12.9. The lowest BCUT2D eigenvalue weighted by atomic mass is 9.72. The lowest BCUT2D eigenvalue weighted by Crippen LogP contribution is -2.58. The quantitative estimate of drug-likeness (QED) is 0.685. The second kappa shape index (κ2) is 7.73. The summed E-state index contributed by atoms with van der Waals surface area (Å²) < 4.78 is 5.63. The van der Waals surface area contributed by atoms with Crippen LogP contribution in [0.3, 0.4) is 0 Å². The Morgan fingerprint density at radius 2 is 1.83 bits per heavy atom. The van der Waals surface area contributed by atoms with Crippen molar-refractivity contribution < 1.29 is 14.6 Å². The Kier molecular flexibility index (Phi) is 4.91. The SMILES string of the molecule is O=C(OCc1ccccc1)N1C2CCCC1CC(O)(c1ccc3cccnc3c1)C2. The number of amides is 1. The van der Waals surface area contributed by atoms with Gasteiger partial charge < -0.3 is 14.7 Å². The van der Waals surface area contributed by atoms with Crippen molar-refractivity contribution in [2.24, 2.45) is 0 Å². The fourth-order valence-electron chi connectivity index (χ4n) is 5.11. The van der Waals surface area contributed by atoms with E-state index in [1.807, 2.05) is 65.6 Å². The molecule has 30 heavy (non-hydrogen) atoms. The fraction of sp³-hybridized carbons (Fsp3) is 0.360. The number of fused-ring (bicyclic) bond motifs is 3. The van der Waals surface area contributed by atoms with Gasteiger partial charge in [-0.2, -0.15) is 0 Å². The van der Waals surface area contributed by atoms with Gasteiger partial charge >= 0.3 is 6.09 Å². The van der Waals surface area contributed by atoms with E-state index in [4.69, 9.17) is 4.74 Å². The van der Waals surface area contributed by atoms with Crippen LogP contribution in [0.1, 0.15) is 43.2 Å². The average Bonchev–Trinajstić information content (AvgIpc) is 2.77. The first-order valence-corrected chi connectivity index (χ1v) is 10.7. The Hall–Kier alpha value is -2.92. The lowest BCUT2D eigenvalue weighted by molar-refractivity contribution is -0.0895. The zero-order valence-corrected chi connectivity index (χ0v) is 16.9. The predicted octanol–water partition coefficient (Wildman–Crippen LogP) is 4.78. The van der Waals surface area contributed by atoms with Gasteiger partial charge in [0.1, 0.15) is 6.61 Å². The zero-order chi connectivity index (χ0) is 20.6. The molecule has 1 amide bonds. The Bertz CT molecular complexity index is 1040. The smallest absolute Gasteiger partial charge is 0.410 e. The molecule has 0 saturated carbocycles. The van der Waals surface area contributed by atoms with Gasteiger partial charge in [-0.3, -0.25) is 4.98 Å². The molecule has 0 aliphatic carbocycles. The van der Waals surface area contributed by atoms with Crippen molar-refractivity contribution in [3.05, 3.63) is 78.0 Å². The maximum Gasteiger partial charge on any atom is 0.410 e. The summed E-state index contributed by atoms with van der Waals surface area (Å²) in [6.45, 7) is 0.274. The van der Waals surface area contributed by atoms with Crippen LogP contribution in [-0.4, -0.2) is 33.2 Å². The molecular formula is C25H26N2O3. The van der Waals surface area contributed by atoms with Gasteiger partial charge in [-0.25, -0.2) is 4.79 Å². The Morgan fingerprint density at radius 1 is 1.07 bits per heavy atom. The third kappa shape index (κ3) is 3.54. The molecule has 2 aliphatic rings. The number of rotatable bonds is 3. The van der Waals surface area contributed by atoms with E-state index in [9.17, 15) is 9.90 Å². The van der Waals surface area contributed by atoms with Crippen molar-refractivity contribution in [2.45, 2.75) is 56.4 Å². The van der Waals surface area contributed by atoms with Gasteiger partial charge in [0.15, 0.2) is 0 Å². The maximum atomic E-state index is 12.9. The Morgan fingerprint density at radius 3 is 2.60 bits per heavy atom. The summed E-state index contributed by atoms with van der Waals surface area (Å²) in [6, 6.07) is 19.7. The van der Waals surface area contributed by atoms with Gasteiger partial charge in [0.2, 0.25) is 0 Å². The molecule has 2 aromatic carbocycles. The van der Waals surface area contributed by atoms with Crippen LogP contribution in [0.2, 0.25) is 0 Å². The van der Waals surface area contributed by atoms with Gasteiger partial charge in [0, 0.05) is 36.5 Å². The van der Waals surface area contributed by atoms with Crippen molar-refractivity contribution in [2.75, 3.05) is 0 Å². The van der Waals surface area contributed by atoms with Crippen LogP contribution < -0.4 is 0 Å². The number of pyridine rings is 1. The van der Waals surface area contributed by atoms with Gasteiger partial charge in [-0.1, -0.05) is 48.5 Å². The number of ether oxygens (including phenoxy) is 1. The summed E-state index contributed by atoms with van der Waals surface area (Å²) in [6.07, 6.45) is 5.43. The summed E-state index contributed by atoms with van der Waals surface area (Å²) in [5.41, 5.74) is 1.81. The molecule has 2 atom stereocenters. The molecule has 1 N–H and O–H groups in total. The van der Waals surface area contributed by atoms with Gasteiger partial charge in [0.25, 0.3) is 0 Å². The molecule has 2 saturated heterocycles. The standard InChI is InChI=1S/C25H26N2O3/c28-24(30-17-18-6-2-1-3-7-18)27-21-9-4-10-22(27)16-25(29,15-21)20-12-11-19-8-5-13-26-23(19)14-20/h1-3,5-8,11-14,21-22,29H,4,9-10,15-17H2. The highest BCUT2D eigenvalue weighted by atomic mass is 16.6. The number of aromatic nitrogens is 1. The monoisotopic (exact) mass is 402 g/mol. The van der Waals surface area contributed by atoms with E-state index in [1.54, 1.807) is 6.20 Å². The first-order chi connectivity index (χ1) is 14.6. The highest BCUT2D eigenvalue weighted by Gasteiger charge is 2.48. The van der Waals surface area contributed by atoms with Crippen molar-refractivity contribution in [3.8, 4) is 0 Å². The molecule has 2 bridgehead atoms. The van der Waals surface area contributed by atoms with Crippen molar-refractivity contribution in [1.82, 2.24) is 9.88 Å². The minimum atomic E-state index is -0.947. The first-order valence-electron chi connectivity index (χ1n) is 10.7. The van der Waals surface area contributed by atoms with Crippen LogP contribution >= 0.6 is 0 Å². The van der Waals surface area contributed by atoms with Crippen LogP contribution in [0.5, 0.6) is 0 Å². The summed E-state index contributed by atoms with van der Waals surface area (Å²) >= 11 is 0. The molecule has 5 nitrogen and oxygen atoms in total. The van der Waals surface area contributed by atoms with Crippen LogP contribution in [0.4, 0.5) is 4.79 Å². The van der Waals surface area contributed by atoms with E-state index in [0.717, 1.165) is 41.3 Å². The molecule has 3 heterocycles. The molecule has 0 spiro atoms. The number of carbonyl (C=O) groups excluding carboxylic acids is 1. The molecule has 5 rings (SSSR count). The van der Waals surface area contributed by atoms with E-state index in [-0.39, 0.29) is 24.8 Å². The third-order valence-corrected chi connectivity index (χ3v) is 6.57. The molecular weight excluding hydrogens is 376 g/mol. The molecule has 2 unspecified atom stereocenters. The van der Waals surface area contributed by atoms with Gasteiger partial charge in [-0.05, 0) is 42.5 Å². The largest absolute Gasteiger partial charge is 0.445 e. The number of nitrogens with zero attached hydrogens (tertiary/aromatic N) is 2. The molecule has 2 fully saturated rings. The molecule has 0 radical (unpaired) electrons. The van der Waals surface area contributed by atoms with E-state index >= 15 is 0 Å². The Labute approximate surface area is 176 Å². The van der Waals surface area contributed by atoms with Crippen LogP contribution in [-0.2, 0) is 16.9 Å². The highest BCUT2D eigenvalue weighted by molar-refractivity contribution is 5.79. The van der Waals surface area contributed by atoms with Crippen molar-refractivity contribution in [1.29, 1.82) is 0 Å². The minimum Gasteiger partial charge on any atom is -0.445 e. The molecule has 154 valence electrons. The number of hydrogen-bond acceptors (Lipinski definition) is 4. The topological polar surface area (TPSA) is 62.7 Å². The van der Waals surface area contributed by atoms with Crippen molar-refractivity contribution >= 4 is 17.0 Å². The second-order valence-corrected chi connectivity index (χ2v) is 8.54. The van der Waals surface area contributed by atoms with Gasteiger partial charge in [0.05, 0.1) is 11.1 Å². The van der Waals surface area contributed by atoms with Crippen molar-refractivity contribution in [3.63, 3.8) is 0 Å². The number of aliphatic hydroxyl groups is 1.